The van der Waals surface area contributed by atoms with Gasteiger partial charge < -0.3 is 19.3 Å². The maximum atomic E-state index is 13.0. The van der Waals surface area contributed by atoms with Crippen LogP contribution in [0.3, 0.4) is 0 Å². The van der Waals surface area contributed by atoms with Crippen molar-refractivity contribution >= 4 is 17.4 Å². The molecule has 0 saturated carbocycles. The van der Waals surface area contributed by atoms with Crippen LogP contribution in [0, 0.1) is 5.92 Å². The van der Waals surface area contributed by atoms with Gasteiger partial charge in [-0.15, -0.1) is 15.3 Å². The lowest BCUT2D eigenvalue weighted by Gasteiger charge is -2.33. The number of ether oxygens (including phenoxy) is 2. The second-order valence-corrected chi connectivity index (χ2v) is 7.64. The van der Waals surface area contributed by atoms with Gasteiger partial charge in [-0.3, -0.25) is 4.79 Å². The molecule has 1 fully saturated rings. The molecule has 170 valence electrons. The van der Waals surface area contributed by atoms with Gasteiger partial charge in [0, 0.05) is 32.6 Å². The number of fused-ring (bicyclic) bond motifs is 1. The first-order valence-corrected chi connectivity index (χ1v) is 10.2. The second kappa shape index (κ2) is 9.33. The SMILES string of the molecule is COc1cc(CN(C)C(=O)C2CCN(c3ccc4nncn4n3)CC2)ccc1OC(F)F. The van der Waals surface area contributed by atoms with Crippen LogP contribution in [0.1, 0.15) is 18.4 Å². The highest BCUT2D eigenvalue weighted by atomic mass is 19.3. The van der Waals surface area contributed by atoms with Gasteiger partial charge in [0.25, 0.3) is 0 Å². The Kier molecular flexibility index (Phi) is 6.33. The van der Waals surface area contributed by atoms with Crippen molar-refractivity contribution in [1.82, 2.24) is 24.7 Å². The summed E-state index contributed by atoms with van der Waals surface area (Å²) >= 11 is 0. The number of nitrogens with zero attached hydrogens (tertiary/aromatic N) is 6. The number of anilines is 1. The first-order chi connectivity index (χ1) is 15.4. The van der Waals surface area contributed by atoms with Gasteiger partial charge in [0.05, 0.1) is 7.11 Å². The summed E-state index contributed by atoms with van der Waals surface area (Å²) in [4.78, 5) is 16.8. The third-order valence-electron chi connectivity index (χ3n) is 5.56. The van der Waals surface area contributed by atoms with Crippen LogP contribution in [0.2, 0.25) is 0 Å². The van der Waals surface area contributed by atoms with Crippen LogP contribution in [0.5, 0.6) is 11.5 Å². The molecule has 0 N–H and O–H groups in total. The lowest BCUT2D eigenvalue weighted by molar-refractivity contribution is -0.135. The number of aromatic nitrogens is 4. The third kappa shape index (κ3) is 4.71. The van der Waals surface area contributed by atoms with Crippen molar-refractivity contribution in [2.75, 3.05) is 32.1 Å². The fourth-order valence-corrected chi connectivity index (χ4v) is 3.91. The van der Waals surface area contributed by atoms with Gasteiger partial charge in [-0.1, -0.05) is 6.07 Å². The van der Waals surface area contributed by atoms with Crippen molar-refractivity contribution in [2.45, 2.75) is 26.0 Å². The van der Waals surface area contributed by atoms with Crippen LogP contribution in [0.4, 0.5) is 14.6 Å². The highest BCUT2D eigenvalue weighted by molar-refractivity contribution is 5.79. The number of alkyl halides is 2. The van der Waals surface area contributed by atoms with Gasteiger partial charge in [-0.05, 0) is 42.7 Å². The molecule has 1 aliphatic rings. The van der Waals surface area contributed by atoms with Gasteiger partial charge in [-0.2, -0.15) is 13.3 Å². The Balaban J connectivity index is 1.34. The molecule has 1 aliphatic heterocycles. The largest absolute Gasteiger partial charge is 0.493 e. The molecular formula is C21H24F2N6O3. The van der Waals surface area contributed by atoms with Gasteiger partial charge in [-0.25, -0.2) is 0 Å². The second-order valence-electron chi connectivity index (χ2n) is 7.64. The molecule has 0 unspecified atom stereocenters. The molecule has 0 radical (unpaired) electrons. The number of methoxy groups -OCH3 is 1. The van der Waals surface area contributed by atoms with Crippen LogP contribution in [-0.2, 0) is 11.3 Å². The molecule has 1 saturated heterocycles. The number of piperidine rings is 1. The maximum absolute atomic E-state index is 13.0. The minimum atomic E-state index is -2.93. The van der Waals surface area contributed by atoms with Crippen LogP contribution in [0.15, 0.2) is 36.7 Å². The van der Waals surface area contributed by atoms with E-state index in [0.29, 0.717) is 12.2 Å². The number of amides is 1. The van der Waals surface area contributed by atoms with Gasteiger partial charge in [0.1, 0.15) is 12.1 Å². The molecule has 3 aromatic rings. The standard InChI is InChI=1S/C21H24F2N6O3/c1-27(12-14-3-4-16(32-21(22)23)17(11-14)31-2)20(30)15-7-9-28(10-8-15)19-6-5-18-25-24-13-29(18)26-19/h3-6,11,13,15,21H,7-10,12H2,1-2H3. The summed E-state index contributed by atoms with van der Waals surface area (Å²) in [6, 6.07) is 8.46. The smallest absolute Gasteiger partial charge is 0.387 e. The number of hydrogen-bond donors (Lipinski definition) is 0. The number of benzene rings is 1. The number of carbonyl (C=O) groups excluding carboxylic acids is 1. The predicted octanol–water partition coefficient (Wildman–Crippen LogP) is 2.61. The van der Waals surface area contributed by atoms with E-state index < -0.39 is 6.61 Å². The number of hydrogen-bond acceptors (Lipinski definition) is 7. The molecule has 32 heavy (non-hydrogen) atoms. The summed E-state index contributed by atoms with van der Waals surface area (Å²) < 4.78 is 36.2. The lowest BCUT2D eigenvalue weighted by atomic mass is 9.95. The summed E-state index contributed by atoms with van der Waals surface area (Å²) in [6.07, 6.45) is 3.00. The Morgan fingerprint density at radius 1 is 1.22 bits per heavy atom. The van der Waals surface area contributed by atoms with E-state index in [4.69, 9.17) is 4.74 Å². The topological polar surface area (TPSA) is 85.1 Å². The van der Waals surface area contributed by atoms with E-state index in [1.165, 1.54) is 13.2 Å². The highest BCUT2D eigenvalue weighted by Crippen LogP contribution is 2.30. The highest BCUT2D eigenvalue weighted by Gasteiger charge is 2.28. The van der Waals surface area contributed by atoms with Crippen molar-refractivity contribution in [2.24, 2.45) is 5.92 Å². The Morgan fingerprint density at radius 2 is 2.00 bits per heavy atom. The van der Waals surface area contributed by atoms with Crippen LogP contribution < -0.4 is 14.4 Å². The van der Waals surface area contributed by atoms with E-state index in [1.807, 2.05) is 12.1 Å². The number of carbonyl (C=O) groups is 1. The summed E-state index contributed by atoms with van der Waals surface area (Å²) in [5.41, 5.74) is 1.45. The minimum Gasteiger partial charge on any atom is -0.493 e. The summed E-state index contributed by atoms with van der Waals surface area (Å²) in [7, 11) is 3.13. The van der Waals surface area contributed by atoms with E-state index >= 15 is 0 Å². The van der Waals surface area contributed by atoms with E-state index in [9.17, 15) is 13.6 Å². The average Bonchev–Trinajstić information content (AvgIpc) is 3.27. The fraction of sp³-hybridized carbons (Fsp3) is 0.429. The first kappa shape index (κ1) is 21.7. The monoisotopic (exact) mass is 446 g/mol. The number of halogens is 2. The zero-order chi connectivity index (χ0) is 22.7. The summed E-state index contributed by atoms with van der Waals surface area (Å²) in [6.45, 7) is -1.15. The molecule has 11 heteroatoms. The zero-order valence-corrected chi connectivity index (χ0v) is 17.8. The Labute approximate surface area is 183 Å². The van der Waals surface area contributed by atoms with Crippen molar-refractivity contribution in [1.29, 1.82) is 0 Å². The van der Waals surface area contributed by atoms with Crippen LogP contribution >= 0.6 is 0 Å². The molecule has 0 bridgehead atoms. The lowest BCUT2D eigenvalue weighted by Crippen LogP contribution is -2.41. The Hall–Kier alpha value is -3.50. The molecule has 0 aliphatic carbocycles. The van der Waals surface area contributed by atoms with Crippen molar-refractivity contribution in [3.8, 4) is 11.5 Å². The van der Waals surface area contributed by atoms with Crippen molar-refractivity contribution in [3.05, 3.63) is 42.2 Å². The molecule has 3 heterocycles. The molecule has 1 amide bonds. The molecule has 2 aromatic heterocycles. The average molecular weight is 446 g/mol. The van der Waals surface area contributed by atoms with Gasteiger partial charge >= 0.3 is 6.61 Å². The van der Waals surface area contributed by atoms with E-state index in [0.717, 1.165) is 37.3 Å². The van der Waals surface area contributed by atoms with Crippen molar-refractivity contribution < 1.29 is 23.0 Å². The van der Waals surface area contributed by atoms with Crippen molar-refractivity contribution in [3.63, 3.8) is 0 Å². The third-order valence-corrected chi connectivity index (χ3v) is 5.56. The molecule has 0 atom stereocenters. The number of rotatable bonds is 7. The molecule has 0 spiro atoms. The van der Waals surface area contributed by atoms with Gasteiger partial charge in [0.2, 0.25) is 5.91 Å². The Bertz CT molecular complexity index is 1080. The van der Waals surface area contributed by atoms with E-state index in [-0.39, 0.29) is 23.3 Å². The molecular weight excluding hydrogens is 422 g/mol. The summed E-state index contributed by atoms with van der Waals surface area (Å²) in [5.74, 6) is 0.965. The maximum Gasteiger partial charge on any atom is 0.387 e. The van der Waals surface area contributed by atoms with Gasteiger partial charge in [0.15, 0.2) is 17.1 Å². The predicted molar refractivity (Wildman–Crippen MR) is 112 cm³/mol. The van der Waals surface area contributed by atoms with E-state index in [2.05, 4.69) is 24.9 Å². The van der Waals surface area contributed by atoms with E-state index in [1.54, 1.807) is 34.9 Å². The molecule has 9 nitrogen and oxygen atoms in total. The Morgan fingerprint density at radius 3 is 2.72 bits per heavy atom. The zero-order valence-electron chi connectivity index (χ0n) is 17.8. The fourth-order valence-electron chi connectivity index (χ4n) is 3.91. The minimum absolute atomic E-state index is 0.0362. The molecule has 1 aromatic carbocycles. The molecule has 4 rings (SSSR count). The first-order valence-electron chi connectivity index (χ1n) is 10.2. The van der Waals surface area contributed by atoms with Crippen LogP contribution in [-0.4, -0.2) is 64.5 Å². The quantitative estimate of drug-likeness (QED) is 0.552. The normalized spacial score (nSPS) is 14.7. The summed E-state index contributed by atoms with van der Waals surface area (Å²) in [5, 5.41) is 12.3. The van der Waals surface area contributed by atoms with Crippen LogP contribution in [0.25, 0.3) is 5.65 Å².